The third-order valence-corrected chi connectivity index (χ3v) is 7.23. The van der Waals surface area contributed by atoms with Gasteiger partial charge < -0.3 is 23.5 Å². The predicted octanol–water partition coefficient (Wildman–Crippen LogP) is 2.00. The molecule has 1 aromatic carbocycles. The van der Waals surface area contributed by atoms with Gasteiger partial charge in [-0.05, 0) is 56.8 Å². The first kappa shape index (κ1) is 32.5. The molecule has 0 aliphatic carbocycles. The van der Waals surface area contributed by atoms with Crippen molar-refractivity contribution in [2.24, 2.45) is 0 Å². The number of hydrogen-bond acceptors (Lipinski definition) is 11. The fourth-order valence-electron chi connectivity index (χ4n) is 1.84. The molecule has 1 rings (SSSR count). The molecule has 36 heavy (non-hydrogen) atoms. The summed E-state index contributed by atoms with van der Waals surface area (Å²) in [5.41, 5.74) is 0.398. The molecule has 12 nitrogen and oxygen atoms in total. The van der Waals surface area contributed by atoms with E-state index in [4.69, 9.17) is 14.0 Å². The first-order valence-corrected chi connectivity index (χ1v) is 13.6. The lowest BCUT2D eigenvalue weighted by atomic mass is 10.2. The third-order valence-electron chi connectivity index (χ3n) is 3.59. The van der Waals surface area contributed by atoms with Crippen molar-refractivity contribution in [2.75, 3.05) is 26.4 Å². The fraction of sp³-hybridized carbons (Fsp3) is 0.375. The van der Waals surface area contributed by atoms with Gasteiger partial charge in [0, 0.05) is 0 Å². The molecule has 1 N–H and O–H groups in total. The number of hydrogen-bond donors (Lipinski definition) is 1. The average molecular weight is 791 g/mol. The summed E-state index contributed by atoms with van der Waals surface area (Å²) < 4.78 is 132. The summed E-state index contributed by atoms with van der Waals surface area (Å²) in [4.78, 5) is 23.4. The molecule has 0 spiro atoms. The Balaban J connectivity index is 2.98. The van der Waals surface area contributed by atoms with Crippen LogP contribution in [0, 0.1) is 7.14 Å². The summed E-state index contributed by atoms with van der Waals surface area (Å²) in [6.07, 6.45) is 1.34. The van der Waals surface area contributed by atoms with Crippen LogP contribution in [0.4, 0.5) is 17.6 Å². The number of carbonyl (C=O) groups is 2. The van der Waals surface area contributed by atoms with E-state index in [2.05, 4.69) is 16.1 Å². The van der Waals surface area contributed by atoms with E-state index in [0.29, 0.717) is 5.56 Å². The maximum Gasteiger partial charge on any atom is 0.402 e. The zero-order chi connectivity index (χ0) is 28.1. The Morgan fingerprint density at radius 2 is 1.42 bits per heavy atom. The second-order valence-corrected chi connectivity index (χ2v) is 11.5. The topological polar surface area (TPSA) is 183 Å². The lowest BCUT2D eigenvalue weighted by molar-refractivity contribution is -0.153. The third kappa shape index (κ3) is 8.81. The van der Waals surface area contributed by atoms with Crippen LogP contribution in [0.15, 0.2) is 12.6 Å². The molecule has 0 saturated carbocycles. The highest BCUT2D eigenvalue weighted by Gasteiger charge is 2.45. The van der Waals surface area contributed by atoms with E-state index in [-0.39, 0.29) is 18.6 Å². The van der Waals surface area contributed by atoms with Crippen LogP contribution >= 0.6 is 45.2 Å². The Labute approximate surface area is 228 Å². The van der Waals surface area contributed by atoms with Gasteiger partial charge >= 0.3 is 32.6 Å². The second kappa shape index (κ2) is 12.4. The quantitative estimate of drug-likeness (QED) is 0.133. The van der Waals surface area contributed by atoms with Gasteiger partial charge in [0.05, 0.1) is 7.14 Å². The minimum atomic E-state index is -6.10. The zero-order valence-corrected chi connectivity index (χ0v) is 23.2. The van der Waals surface area contributed by atoms with Gasteiger partial charge in [-0.2, -0.15) is 26.0 Å². The number of alkyl halides is 4. The van der Waals surface area contributed by atoms with Crippen LogP contribution in [-0.2, 0) is 39.3 Å². The molecule has 0 saturated heterocycles. The van der Waals surface area contributed by atoms with Crippen molar-refractivity contribution >= 4 is 83.4 Å². The molecule has 0 unspecified atom stereocenters. The summed E-state index contributed by atoms with van der Waals surface area (Å²) in [6, 6.07) is 1.45. The van der Waals surface area contributed by atoms with E-state index in [9.17, 15) is 48.5 Å². The van der Waals surface area contributed by atoms with Gasteiger partial charge in [-0.25, -0.2) is 18.0 Å². The fourth-order valence-corrected chi connectivity index (χ4v) is 3.76. The van der Waals surface area contributed by atoms with E-state index in [1.165, 1.54) is 12.1 Å². The number of ether oxygens (including phenoxy) is 4. The van der Waals surface area contributed by atoms with Crippen molar-refractivity contribution in [3.8, 4) is 11.5 Å². The van der Waals surface area contributed by atoms with Gasteiger partial charge in [-0.3, -0.25) is 4.55 Å². The van der Waals surface area contributed by atoms with Gasteiger partial charge in [0.15, 0.2) is 48.0 Å². The lowest BCUT2D eigenvalue weighted by Gasteiger charge is -2.20. The summed E-state index contributed by atoms with van der Waals surface area (Å²) >= 11 is 3.36. The largest absolute Gasteiger partial charge is 0.743 e. The summed E-state index contributed by atoms with van der Waals surface area (Å²) in [5, 5.41) is -9.68. The first-order chi connectivity index (χ1) is 16.2. The smallest absolute Gasteiger partial charge is 0.402 e. The van der Waals surface area contributed by atoms with Gasteiger partial charge in [-0.15, -0.1) is 0 Å². The minimum Gasteiger partial charge on any atom is -0.743 e. The molecule has 0 fully saturated rings. The number of halogens is 6. The normalized spacial score (nSPS) is 12.6. The van der Waals surface area contributed by atoms with Crippen molar-refractivity contribution in [1.29, 1.82) is 0 Å². The Hall–Kier alpha value is -1.50. The SMILES string of the molecule is C=Cc1cc(I)c(OCC(=O)OCC(F)(F)S(=O)(=O)O)c(OCC(=O)OCC(F)(F)S(=O)(=O)[O-])c1I. The van der Waals surface area contributed by atoms with Crippen LogP contribution < -0.4 is 9.47 Å². The summed E-state index contributed by atoms with van der Waals surface area (Å²) in [5.74, 6) is -3.58. The first-order valence-electron chi connectivity index (χ1n) is 8.63. The molecule has 0 radical (unpaired) electrons. The van der Waals surface area contributed by atoms with E-state index < -0.39 is 69.1 Å². The molecule has 20 heteroatoms. The lowest BCUT2D eigenvalue weighted by Crippen LogP contribution is -2.35. The van der Waals surface area contributed by atoms with Gasteiger partial charge in [0.1, 0.15) is 0 Å². The van der Waals surface area contributed by atoms with Crippen molar-refractivity contribution in [3.05, 3.63) is 25.3 Å². The van der Waals surface area contributed by atoms with Crippen molar-refractivity contribution in [2.45, 2.75) is 10.5 Å². The molecule has 0 amide bonds. The Morgan fingerprint density at radius 3 is 1.83 bits per heavy atom. The second-order valence-electron chi connectivity index (χ2n) is 6.23. The van der Waals surface area contributed by atoms with Crippen LogP contribution in [0.5, 0.6) is 11.5 Å². The van der Waals surface area contributed by atoms with Gasteiger partial charge in [-0.1, -0.05) is 12.7 Å². The Kier molecular flexibility index (Phi) is 11.2. The highest BCUT2D eigenvalue weighted by atomic mass is 127. The molecule has 204 valence electrons. The molecule has 0 heterocycles. The van der Waals surface area contributed by atoms with Crippen LogP contribution in [0.25, 0.3) is 6.08 Å². The van der Waals surface area contributed by atoms with Crippen molar-refractivity contribution < 1.29 is 72.0 Å². The van der Waals surface area contributed by atoms with E-state index in [0.717, 1.165) is 0 Å². The maximum atomic E-state index is 13.2. The monoisotopic (exact) mass is 791 g/mol. The zero-order valence-electron chi connectivity index (χ0n) is 17.2. The van der Waals surface area contributed by atoms with Crippen molar-refractivity contribution in [3.63, 3.8) is 0 Å². The standard InChI is InChI=1S/C16H14F4I2O12S2/c1-2-8-3-9(21)13(31-4-10(23)33-6-15(17,18)35(25,26)27)14(12(8)22)32-5-11(24)34-7-16(19,20)36(28,29)30/h2-3H,1,4-7H2,(H,25,26,27)(H,28,29,30)/p-1. The van der Waals surface area contributed by atoms with E-state index in [1.807, 2.05) is 0 Å². The number of benzene rings is 1. The van der Waals surface area contributed by atoms with Crippen LogP contribution in [0.1, 0.15) is 5.56 Å². The van der Waals surface area contributed by atoms with E-state index >= 15 is 0 Å². The minimum absolute atomic E-state index is 0.199. The Morgan fingerprint density at radius 1 is 0.972 bits per heavy atom. The molecule has 0 aliphatic rings. The van der Waals surface area contributed by atoms with Crippen LogP contribution in [0.3, 0.4) is 0 Å². The maximum absolute atomic E-state index is 13.2. The molecule has 0 bridgehead atoms. The number of esters is 2. The number of carbonyl (C=O) groups excluding carboxylic acids is 2. The molecular weight excluding hydrogens is 778 g/mol. The van der Waals surface area contributed by atoms with Gasteiger partial charge in [0.25, 0.3) is 0 Å². The highest BCUT2D eigenvalue weighted by Crippen LogP contribution is 2.39. The summed E-state index contributed by atoms with van der Waals surface area (Å²) in [6.45, 7) is -2.75. The molecule has 1 aromatic rings. The highest BCUT2D eigenvalue weighted by molar-refractivity contribution is 14.1. The summed E-state index contributed by atoms with van der Waals surface area (Å²) in [7, 11) is -12.0. The average Bonchev–Trinajstić information content (AvgIpc) is 2.74. The van der Waals surface area contributed by atoms with Crippen LogP contribution in [0.2, 0.25) is 0 Å². The van der Waals surface area contributed by atoms with Crippen molar-refractivity contribution in [1.82, 2.24) is 0 Å². The van der Waals surface area contributed by atoms with Gasteiger partial charge in [0.2, 0.25) is 0 Å². The predicted molar refractivity (Wildman–Crippen MR) is 126 cm³/mol. The number of rotatable bonds is 13. The molecule has 0 aromatic heterocycles. The van der Waals surface area contributed by atoms with E-state index in [1.54, 1.807) is 45.2 Å². The Bertz CT molecular complexity index is 1240. The molecular formula is C16H13F4I2O12S2-. The molecule has 0 aliphatic heterocycles. The van der Waals surface area contributed by atoms with Crippen LogP contribution in [-0.4, -0.2) is 74.8 Å². The molecule has 0 atom stereocenters.